The molecule has 1 fully saturated rings. The lowest BCUT2D eigenvalue weighted by Gasteiger charge is -2.40. The molecule has 0 saturated heterocycles. The fourth-order valence-corrected chi connectivity index (χ4v) is 2.77. The third-order valence-corrected chi connectivity index (χ3v) is 4.29. The quantitative estimate of drug-likeness (QED) is 0.884. The highest BCUT2D eigenvalue weighted by Gasteiger charge is 2.37. The van der Waals surface area contributed by atoms with E-state index in [0.29, 0.717) is 12.2 Å². The molecule has 0 unspecified atom stereocenters. The van der Waals surface area contributed by atoms with Crippen molar-refractivity contribution in [2.75, 3.05) is 19.0 Å². The Hall–Kier alpha value is -2.14. The van der Waals surface area contributed by atoms with Crippen LogP contribution in [0.25, 0.3) is 10.9 Å². The van der Waals surface area contributed by atoms with E-state index < -0.39 is 5.97 Å². The molecular formula is C16H18N2O3. The molecule has 2 aromatic rings. The molecular weight excluding hydrogens is 268 g/mol. The maximum Gasteiger partial charge on any atom is 0.339 e. The Bertz CT molecular complexity index is 675. The number of nitrogens with one attached hydrogen (secondary N) is 1. The molecule has 5 heteroatoms. The smallest absolute Gasteiger partial charge is 0.339 e. The Morgan fingerprint density at radius 1 is 1.43 bits per heavy atom. The molecule has 0 amide bonds. The highest BCUT2D eigenvalue weighted by Crippen LogP contribution is 2.36. The number of fused-ring (bicyclic) bond motifs is 1. The summed E-state index contributed by atoms with van der Waals surface area (Å²) in [6, 6.07) is 7.54. The van der Waals surface area contributed by atoms with E-state index in [1.54, 1.807) is 7.11 Å². The van der Waals surface area contributed by atoms with Crippen molar-refractivity contribution in [2.45, 2.75) is 24.9 Å². The predicted octanol–water partition coefficient (Wildman–Crippen LogP) is 2.91. The third kappa shape index (κ3) is 2.45. The first-order chi connectivity index (χ1) is 10.2. The molecule has 110 valence electrons. The maximum atomic E-state index is 11.4. The van der Waals surface area contributed by atoms with Crippen LogP contribution in [0.4, 0.5) is 5.69 Å². The number of rotatable bonds is 5. The first-order valence-electron chi connectivity index (χ1n) is 7.05. The number of anilines is 1. The molecule has 21 heavy (non-hydrogen) atoms. The van der Waals surface area contributed by atoms with Gasteiger partial charge in [-0.1, -0.05) is 18.2 Å². The summed E-state index contributed by atoms with van der Waals surface area (Å²) in [6.45, 7) is 0.609. The van der Waals surface area contributed by atoms with Crippen LogP contribution in [0.15, 0.2) is 30.5 Å². The second kappa shape index (κ2) is 5.33. The number of methoxy groups -OCH3 is 1. The zero-order valence-corrected chi connectivity index (χ0v) is 11.9. The van der Waals surface area contributed by atoms with Gasteiger partial charge in [0.25, 0.3) is 0 Å². The van der Waals surface area contributed by atoms with Crippen LogP contribution in [-0.4, -0.2) is 35.3 Å². The van der Waals surface area contributed by atoms with E-state index in [4.69, 9.17) is 4.74 Å². The number of aromatic carboxylic acids is 1. The monoisotopic (exact) mass is 286 g/mol. The van der Waals surface area contributed by atoms with Crippen molar-refractivity contribution in [3.05, 3.63) is 36.0 Å². The van der Waals surface area contributed by atoms with E-state index in [9.17, 15) is 9.90 Å². The normalized spacial score (nSPS) is 16.4. The molecule has 3 rings (SSSR count). The van der Waals surface area contributed by atoms with Crippen LogP contribution in [0.3, 0.4) is 0 Å². The van der Waals surface area contributed by atoms with Crippen LogP contribution in [-0.2, 0) is 4.74 Å². The minimum atomic E-state index is -0.976. The first kappa shape index (κ1) is 13.8. The van der Waals surface area contributed by atoms with Gasteiger partial charge in [0.2, 0.25) is 0 Å². The van der Waals surface area contributed by atoms with Gasteiger partial charge in [0, 0.05) is 25.2 Å². The summed E-state index contributed by atoms with van der Waals surface area (Å²) in [5.41, 5.74) is 1.43. The number of carboxylic acid groups (broad SMARTS) is 1. The Labute approximate surface area is 123 Å². The lowest BCUT2D eigenvalue weighted by atomic mass is 9.80. The number of hydrogen-bond donors (Lipinski definition) is 2. The van der Waals surface area contributed by atoms with E-state index in [1.807, 2.05) is 24.3 Å². The number of nitrogens with zero attached hydrogens (tertiary/aromatic N) is 1. The van der Waals surface area contributed by atoms with Gasteiger partial charge >= 0.3 is 5.97 Å². The highest BCUT2D eigenvalue weighted by atomic mass is 16.5. The van der Waals surface area contributed by atoms with Gasteiger partial charge in [-0.25, -0.2) is 4.79 Å². The van der Waals surface area contributed by atoms with Crippen molar-refractivity contribution in [1.29, 1.82) is 0 Å². The van der Waals surface area contributed by atoms with Gasteiger partial charge < -0.3 is 15.2 Å². The second-order valence-corrected chi connectivity index (χ2v) is 5.46. The largest absolute Gasteiger partial charge is 0.478 e. The molecule has 1 aromatic carbocycles. The van der Waals surface area contributed by atoms with Crippen LogP contribution in [0.1, 0.15) is 29.6 Å². The van der Waals surface area contributed by atoms with E-state index in [2.05, 4.69) is 10.3 Å². The molecule has 1 aliphatic rings. The number of carbonyl (C=O) groups is 1. The number of carboxylic acids is 1. The summed E-state index contributed by atoms with van der Waals surface area (Å²) in [7, 11) is 1.71. The van der Waals surface area contributed by atoms with E-state index >= 15 is 0 Å². The van der Waals surface area contributed by atoms with Crippen LogP contribution in [0.5, 0.6) is 0 Å². The average molecular weight is 286 g/mol. The van der Waals surface area contributed by atoms with Crippen molar-refractivity contribution >= 4 is 22.6 Å². The summed E-state index contributed by atoms with van der Waals surface area (Å²) in [5, 5.41) is 13.5. The Balaban J connectivity index is 1.98. The SMILES string of the molecule is COC1(CNc2c(C(=O)O)cnc3ccccc23)CCC1. The molecule has 0 atom stereocenters. The Kier molecular flexibility index (Phi) is 3.51. The standard InChI is InChI=1S/C16H18N2O3/c1-21-16(7-4-8-16)10-18-14-11-5-2-3-6-13(11)17-9-12(14)15(19)20/h2-3,5-6,9H,4,7-8,10H2,1H3,(H,17,18)(H,19,20). The lowest BCUT2D eigenvalue weighted by molar-refractivity contribution is -0.0601. The van der Waals surface area contributed by atoms with Gasteiger partial charge in [0.1, 0.15) is 5.56 Å². The fourth-order valence-electron chi connectivity index (χ4n) is 2.77. The van der Waals surface area contributed by atoms with E-state index in [0.717, 1.165) is 30.2 Å². The van der Waals surface area contributed by atoms with Gasteiger partial charge in [0.05, 0.1) is 16.8 Å². The summed E-state index contributed by atoms with van der Waals surface area (Å²) in [5.74, 6) is -0.976. The first-order valence-corrected chi connectivity index (χ1v) is 7.05. The summed E-state index contributed by atoms with van der Waals surface area (Å²) in [6.07, 6.45) is 4.56. The average Bonchev–Trinajstić information content (AvgIpc) is 2.46. The van der Waals surface area contributed by atoms with E-state index in [1.165, 1.54) is 6.20 Å². The van der Waals surface area contributed by atoms with Gasteiger partial charge in [-0.05, 0) is 25.3 Å². The molecule has 5 nitrogen and oxygen atoms in total. The highest BCUT2D eigenvalue weighted by molar-refractivity contribution is 6.04. The van der Waals surface area contributed by atoms with Crippen LogP contribution in [0, 0.1) is 0 Å². The molecule has 1 aromatic heterocycles. The molecule has 2 N–H and O–H groups in total. The minimum Gasteiger partial charge on any atom is -0.478 e. The van der Waals surface area contributed by atoms with Gasteiger partial charge in [-0.15, -0.1) is 0 Å². The molecule has 0 radical (unpaired) electrons. The van der Waals surface area contributed by atoms with Crippen molar-refractivity contribution < 1.29 is 14.6 Å². The number of ether oxygens (including phenoxy) is 1. The van der Waals surface area contributed by atoms with Crippen molar-refractivity contribution in [1.82, 2.24) is 4.98 Å². The zero-order chi connectivity index (χ0) is 14.9. The third-order valence-electron chi connectivity index (χ3n) is 4.29. The topological polar surface area (TPSA) is 71.5 Å². The Morgan fingerprint density at radius 3 is 2.81 bits per heavy atom. The predicted molar refractivity (Wildman–Crippen MR) is 80.8 cm³/mol. The van der Waals surface area contributed by atoms with E-state index in [-0.39, 0.29) is 11.2 Å². The molecule has 1 saturated carbocycles. The number of para-hydroxylation sites is 1. The summed E-state index contributed by atoms with van der Waals surface area (Å²) < 4.78 is 5.58. The lowest BCUT2D eigenvalue weighted by Crippen LogP contribution is -2.45. The number of benzene rings is 1. The molecule has 0 bridgehead atoms. The van der Waals surface area contributed by atoms with Gasteiger partial charge in [-0.3, -0.25) is 4.98 Å². The van der Waals surface area contributed by atoms with Crippen molar-refractivity contribution in [3.8, 4) is 0 Å². The van der Waals surface area contributed by atoms with Gasteiger partial charge in [-0.2, -0.15) is 0 Å². The van der Waals surface area contributed by atoms with Crippen LogP contribution >= 0.6 is 0 Å². The Morgan fingerprint density at radius 2 is 2.19 bits per heavy atom. The van der Waals surface area contributed by atoms with Gasteiger partial charge in [0.15, 0.2) is 0 Å². The number of pyridine rings is 1. The second-order valence-electron chi connectivity index (χ2n) is 5.46. The van der Waals surface area contributed by atoms with Crippen LogP contribution < -0.4 is 5.32 Å². The summed E-state index contributed by atoms with van der Waals surface area (Å²) >= 11 is 0. The fraction of sp³-hybridized carbons (Fsp3) is 0.375. The molecule has 0 aliphatic heterocycles. The summed E-state index contributed by atoms with van der Waals surface area (Å²) in [4.78, 5) is 15.6. The zero-order valence-electron chi connectivity index (χ0n) is 11.9. The van der Waals surface area contributed by atoms with Crippen LogP contribution in [0.2, 0.25) is 0 Å². The molecule has 0 spiro atoms. The minimum absolute atomic E-state index is 0.167. The molecule has 1 aliphatic carbocycles. The number of hydrogen-bond acceptors (Lipinski definition) is 4. The number of aromatic nitrogens is 1. The maximum absolute atomic E-state index is 11.4. The van der Waals surface area contributed by atoms with Crippen molar-refractivity contribution in [2.24, 2.45) is 0 Å². The van der Waals surface area contributed by atoms with Crippen molar-refractivity contribution in [3.63, 3.8) is 0 Å². The molecule has 1 heterocycles.